The minimum Gasteiger partial charge on any atom is -0.497 e. The van der Waals surface area contributed by atoms with Crippen molar-refractivity contribution in [1.29, 1.82) is 0 Å². The number of carbonyl (C=O) groups is 1. The first-order chi connectivity index (χ1) is 15.1. The van der Waals surface area contributed by atoms with Gasteiger partial charge < -0.3 is 14.8 Å². The fraction of sp³-hybridized carbons (Fsp3) is 0.136. The van der Waals surface area contributed by atoms with Crippen LogP contribution in [0.25, 0.3) is 11.4 Å². The largest absolute Gasteiger partial charge is 0.497 e. The zero-order valence-electron chi connectivity index (χ0n) is 16.8. The molecule has 0 aliphatic rings. The lowest BCUT2D eigenvalue weighted by Crippen LogP contribution is -2.18. The highest BCUT2D eigenvalue weighted by Gasteiger charge is 2.21. The molecular weight excluding hydrogens is 436 g/mol. The van der Waals surface area contributed by atoms with Crippen molar-refractivity contribution in [3.8, 4) is 22.9 Å². The molecule has 0 unspecified atom stereocenters. The fourth-order valence-electron chi connectivity index (χ4n) is 3.02. The zero-order chi connectivity index (χ0) is 21.8. The molecule has 31 heavy (non-hydrogen) atoms. The van der Waals surface area contributed by atoms with E-state index < -0.39 is 0 Å². The van der Waals surface area contributed by atoms with Crippen LogP contribution in [0.15, 0.2) is 60.8 Å². The normalized spacial score (nSPS) is 10.7. The number of ether oxygens (including phenoxy) is 2. The highest BCUT2D eigenvalue weighted by Crippen LogP contribution is 2.28. The molecule has 0 aliphatic heterocycles. The number of thiophene rings is 1. The van der Waals surface area contributed by atoms with Crippen LogP contribution in [0.1, 0.15) is 15.2 Å². The van der Waals surface area contributed by atoms with Gasteiger partial charge in [0.1, 0.15) is 23.0 Å². The van der Waals surface area contributed by atoms with Crippen molar-refractivity contribution < 1.29 is 14.3 Å². The van der Waals surface area contributed by atoms with Crippen molar-refractivity contribution in [3.05, 3.63) is 75.6 Å². The summed E-state index contributed by atoms with van der Waals surface area (Å²) in [4.78, 5) is 18.8. The molecule has 0 radical (unpaired) electrons. The van der Waals surface area contributed by atoms with Crippen LogP contribution in [-0.4, -0.2) is 34.9 Å². The van der Waals surface area contributed by atoms with Crippen LogP contribution in [0.4, 0.5) is 5.82 Å². The Labute approximate surface area is 188 Å². The van der Waals surface area contributed by atoms with Gasteiger partial charge in [-0.15, -0.1) is 11.3 Å². The van der Waals surface area contributed by atoms with E-state index in [1.807, 2.05) is 30.3 Å². The van der Waals surface area contributed by atoms with Crippen LogP contribution in [0.3, 0.4) is 0 Å². The third kappa shape index (κ3) is 4.55. The van der Waals surface area contributed by atoms with Crippen LogP contribution < -0.4 is 14.8 Å². The molecule has 0 amide bonds. The van der Waals surface area contributed by atoms with Crippen LogP contribution >= 0.6 is 22.9 Å². The number of hydrogen-bond acceptors (Lipinski definition) is 7. The molecular formula is C22H19ClN4O3S. The Bertz CT molecular complexity index is 1210. The summed E-state index contributed by atoms with van der Waals surface area (Å²) in [7, 11) is 3.06. The number of aromatic nitrogens is 3. The zero-order valence-corrected chi connectivity index (χ0v) is 18.4. The van der Waals surface area contributed by atoms with E-state index in [0.717, 1.165) is 4.88 Å². The minimum absolute atomic E-state index is 0.339. The average Bonchev–Trinajstić information content (AvgIpc) is 3.43. The quantitative estimate of drug-likeness (QED) is 0.424. The maximum atomic E-state index is 13.4. The molecule has 0 bridgehead atoms. The number of halogens is 1. The summed E-state index contributed by atoms with van der Waals surface area (Å²) in [5.41, 5.74) is 1.60. The minimum atomic E-state index is -0.339. The van der Waals surface area contributed by atoms with Gasteiger partial charge >= 0.3 is 0 Å². The van der Waals surface area contributed by atoms with Gasteiger partial charge in [0.05, 0.1) is 36.4 Å². The number of rotatable bonds is 7. The Balaban J connectivity index is 1.72. The second kappa shape index (κ2) is 9.20. The topological polar surface area (TPSA) is 78.3 Å². The molecule has 0 spiro atoms. The molecule has 3 aromatic heterocycles. The summed E-state index contributed by atoms with van der Waals surface area (Å²) in [5, 5.41) is 7.81. The Morgan fingerprint density at radius 3 is 2.65 bits per heavy atom. The summed E-state index contributed by atoms with van der Waals surface area (Å²) in [6.07, 6.45) is 1.68. The lowest BCUT2D eigenvalue weighted by molar-refractivity contribution is 0.0945. The van der Waals surface area contributed by atoms with Gasteiger partial charge in [-0.1, -0.05) is 17.7 Å². The summed E-state index contributed by atoms with van der Waals surface area (Å²) in [5.74, 6) is 1.19. The van der Waals surface area contributed by atoms with E-state index in [-0.39, 0.29) is 5.91 Å². The maximum Gasteiger partial charge on any atom is 0.283 e. The summed E-state index contributed by atoms with van der Waals surface area (Å²) in [6.45, 7) is 0.498. The summed E-state index contributed by atoms with van der Waals surface area (Å²) < 4.78 is 12.7. The average molecular weight is 455 g/mol. The molecule has 9 heteroatoms. The molecule has 0 atom stereocenters. The van der Waals surface area contributed by atoms with Gasteiger partial charge in [0.25, 0.3) is 5.91 Å². The van der Waals surface area contributed by atoms with Crippen molar-refractivity contribution in [3.63, 3.8) is 0 Å². The lowest BCUT2D eigenvalue weighted by atomic mass is 10.2. The first-order valence-electron chi connectivity index (χ1n) is 9.35. The monoisotopic (exact) mass is 454 g/mol. The number of methoxy groups -OCH3 is 2. The van der Waals surface area contributed by atoms with E-state index in [2.05, 4.69) is 15.4 Å². The van der Waals surface area contributed by atoms with Crippen LogP contribution in [0, 0.1) is 0 Å². The van der Waals surface area contributed by atoms with E-state index in [0.29, 0.717) is 45.1 Å². The second-order valence-electron chi connectivity index (χ2n) is 6.47. The summed E-state index contributed by atoms with van der Waals surface area (Å²) >= 11 is 7.51. The van der Waals surface area contributed by atoms with E-state index in [1.54, 1.807) is 37.6 Å². The standard InChI is InChI=1S/C22H19ClN4O3S/c1-29-14-6-8-16(19(11-14)30-2)22(28)27-21(25-13-15-7-9-20(23)31-15)12-18(26-27)17-5-3-4-10-24-17/h3-12,25H,13H2,1-2H3. The third-order valence-corrected chi connectivity index (χ3v) is 5.77. The molecule has 4 rings (SSSR count). The van der Waals surface area contributed by atoms with Gasteiger partial charge in [-0.2, -0.15) is 9.78 Å². The molecule has 7 nitrogen and oxygen atoms in total. The highest BCUT2D eigenvalue weighted by atomic mass is 35.5. The number of benzene rings is 1. The van der Waals surface area contributed by atoms with Crippen molar-refractivity contribution >= 4 is 34.7 Å². The molecule has 1 aromatic carbocycles. The molecule has 0 saturated heterocycles. The van der Waals surface area contributed by atoms with Crippen molar-refractivity contribution in [2.24, 2.45) is 0 Å². The molecule has 0 fully saturated rings. The molecule has 158 valence electrons. The van der Waals surface area contributed by atoms with Crippen LogP contribution in [0.2, 0.25) is 4.34 Å². The Morgan fingerprint density at radius 2 is 1.97 bits per heavy atom. The molecule has 4 aromatic rings. The van der Waals surface area contributed by atoms with Gasteiger partial charge in [0.2, 0.25) is 0 Å². The van der Waals surface area contributed by atoms with Gasteiger partial charge in [-0.25, -0.2) is 0 Å². The molecule has 1 N–H and O–H groups in total. The Hall–Kier alpha value is -3.36. The first-order valence-corrected chi connectivity index (χ1v) is 10.5. The number of anilines is 1. The van der Waals surface area contributed by atoms with Gasteiger partial charge in [-0.05, 0) is 36.4 Å². The van der Waals surface area contributed by atoms with Crippen LogP contribution in [0.5, 0.6) is 11.5 Å². The number of carbonyl (C=O) groups excluding carboxylic acids is 1. The Kier molecular flexibility index (Phi) is 6.20. The lowest BCUT2D eigenvalue weighted by Gasteiger charge is -2.12. The Morgan fingerprint density at radius 1 is 1.10 bits per heavy atom. The number of nitrogens with zero attached hydrogens (tertiary/aromatic N) is 3. The third-order valence-electron chi connectivity index (χ3n) is 4.54. The number of hydrogen-bond donors (Lipinski definition) is 1. The number of pyridine rings is 1. The van der Waals surface area contributed by atoms with Gasteiger partial charge in [-0.3, -0.25) is 9.78 Å². The van der Waals surface area contributed by atoms with Gasteiger partial charge in [0.15, 0.2) is 0 Å². The van der Waals surface area contributed by atoms with Crippen molar-refractivity contribution in [1.82, 2.24) is 14.8 Å². The smallest absolute Gasteiger partial charge is 0.283 e. The van der Waals surface area contributed by atoms with Crippen LogP contribution in [-0.2, 0) is 6.54 Å². The fourth-order valence-corrected chi connectivity index (χ4v) is 4.04. The van der Waals surface area contributed by atoms with Crippen molar-refractivity contribution in [2.75, 3.05) is 19.5 Å². The van der Waals surface area contributed by atoms with E-state index in [4.69, 9.17) is 21.1 Å². The van der Waals surface area contributed by atoms with Crippen molar-refractivity contribution in [2.45, 2.75) is 6.54 Å². The highest BCUT2D eigenvalue weighted by molar-refractivity contribution is 7.16. The first kappa shape index (κ1) is 20.9. The summed E-state index contributed by atoms with van der Waals surface area (Å²) in [6, 6.07) is 16.1. The van der Waals surface area contributed by atoms with Gasteiger partial charge in [0, 0.05) is 23.2 Å². The maximum absolute atomic E-state index is 13.4. The van der Waals surface area contributed by atoms with E-state index >= 15 is 0 Å². The molecule has 0 aliphatic carbocycles. The van der Waals surface area contributed by atoms with E-state index in [9.17, 15) is 4.79 Å². The molecule has 3 heterocycles. The second-order valence-corrected chi connectivity index (χ2v) is 8.27. The predicted molar refractivity (Wildman–Crippen MR) is 121 cm³/mol. The molecule has 0 saturated carbocycles. The van der Waals surface area contributed by atoms with E-state index in [1.165, 1.54) is 23.1 Å². The predicted octanol–water partition coefficient (Wildman–Crippen LogP) is 4.98. The number of nitrogens with one attached hydrogen (secondary N) is 1. The SMILES string of the molecule is COc1ccc(C(=O)n2nc(-c3ccccn3)cc2NCc2ccc(Cl)s2)c(OC)c1.